The fourth-order valence-corrected chi connectivity index (χ4v) is 4.48. The van der Waals surface area contributed by atoms with E-state index >= 15 is 0 Å². The summed E-state index contributed by atoms with van der Waals surface area (Å²) < 4.78 is 0. The Labute approximate surface area is 201 Å². The summed E-state index contributed by atoms with van der Waals surface area (Å²) in [6.07, 6.45) is 4.11. The number of amidine groups is 1. The van der Waals surface area contributed by atoms with Crippen LogP contribution < -0.4 is 10.2 Å². The van der Waals surface area contributed by atoms with Crippen LogP contribution in [0.1, 0.15) is 45.7 Å². The summed E-state index contributed by atoms with van der Waals surface area (Å²) in [4.78, 5) is 7.29. The van der Waals surface area contributed by atoms with Gasteiger partial charge in [-0.3, -0.25) is 4.99 Å². The van der Waals surface area contributed by atoms with Gasteiger partial charge in [0, 0.05) is 15.7 Å². The average Bonchev–Trinajstić information content (AvgIpc) is 2.87. The number of benzene rings is 2. The highest BCUT2D eigenvalue weighted by Gasteiger charge is 2.43. The predicted molar refractivity (Wildman–Crippen MR) is 140 cm³/mol. The summed E-state index contributed by atoms with van der Waals surface area (Å²) in [6.45, 7) is 12.9. The van der Waals surface area contributed by atoms with Crippen molar-refractivity contribution < 1.29 is 0 Å². The van der Waals surface area contributed by atoms with Gasteiger partial charge in [-0.05, 0) is 67.7 Å². The summed E-state index contributed by atoms with van der Waals surface area (Å²) in [5, 5.41) is 5.27. The van der Waals surface area contributed by atoms with Crippen molar-refractivity contribution >= 4 is 58.1 Å². The molecule has 0 aliphatic carbocycles. The number of hydrogen-bond donors (Lipinski definition) is 1. The molecular weight excluding hydrogens is 445 g/mol. The highest BCUT2D eigenvalue weighted by molar-refractivity contribution is 7.80. The van der Waals surface area contributed by atoms with E-state index in [1.165, 1.54) is 5.56 Å². The van der Waals surface area contributed by atoms with E-state index in [4.69, 9.17) is 40.4 Å². The molecular formula is C25H29Cl2N3S. The van der Waals surface area contributed by atoms with Crippen molar-refractivity contribution in [3.8, 4) is 0 Å². The molecule has 0 aromatic heterocycles. The van der Waals surface area contributed by atoms with Crippen LogP contribution in [0.2, 0.25) is 10.0 Å². The van der Waals surface area contributed by atoms with Crippen LogP contribution in [0, 0.1) is 12.3 Å². The highest BCUT2D eigenvalue weighted by atomic mass is 35.5. The van der Waals surface area contributed by atoms with Crippen LogP contribution in [0.4, 0.5) is 5.69 Å². The lowest BCUT2D eigenvalue weighted by atomic mass is 9.86. The van der Waals surface area contributed by atoms with Crippen LogP contribution in [-0.4, -0.2) is 22.5 Å². The lowest BCUT2D eigenvalue weighted by Crippen LogP contribution is -2.45. The van der Waals surface area contributed by atoms with Gasteiger partial charge < -0.3 is 10.2 Å². The van der Waals surface area contributed by atoms with Gasteiger partial charge in [-0.15, -0.1) is 0 Å². The second kappa shape index (κ2) is 8.93. The van der Waals surface area contributed by atoms with Gasteiger partial charge in [0.05, 0.1) is 11.6 Å². The molecule has 1 aliphatic rings. The third-order valence-electron chi connectivity index (χ3n) is 5.50. The molecule has 1 aliphatic heterocycles. The summed E-state index contributed by atoms with van der Waals surface area (Å²) in [7, 11) is 0. The molecule has 2 aromatic carbocycles. The molecule has 6 heteroatoms. The third-order valence-corrected chi connectivity index (χ3v) is 6.35. The molecule has 31 heavy (non-hydrogen) atoms. The van der Waals surface area contributed by atoms with Gasteiger partial charge in [0.1, 0.15) is 5.84 Å². The normalized spacial score (nSPS) is 18.6. The molecule has 1 atom stereocenters. The summed E-state index contributed by atoms with van der Waals surface area (Å²) in [6, 6.07) is 13.7. The lowest BCUT2D eigenvalue weighted by Gasteiger charge is -2.33. The van der Waals surface area contributed by atoms with Crippen molar-refractivity contribution in [1.29, 1.82) is 0 Å². The van der Waals surface area contributed by atoms with Crippen LogP contribution in [0.3, 0.4) is 0 Å². The quantitative estimate of drug-likeness (QED) is 0.471. The minimum absolute atomic E-state index is 0.0827. The van der Waals surface area contributed by atoms with Gasteiger partial charge in [0.25, 0.3) is 0 Å². The molecule has 1 fully saturated rings. The maximum absolute atomic E-state index is 6.36. The van der Waals surface area contributed by atoms with Crippen molar-refractivity contribution in [2.45, 2.75) is 53.1 Å². The topological polar surface area (TPSA) is 27.6 Å². The van der Waals surface area contributed by atoms with E-state index in [1.807, 2.05) is 30.3 Å². The lowest BCUT2D eigenvalue weighted by molar-refractivity contribution is 0.367. The van der Waals surface area contributed by atoms with Gasteiger partial charge >= 0.3 is 0 Å². The number of aliphatic imine (C=N–C) groups is 1. The number of aryl methyl sites for hydroxylation is 1. The number of nitrogens with one attached hydrogen (secondary N) is 1. The molecule has 3 nitrogen and oxygen atoms in total. The summed E-state index contributed by atoms with van der Waals surface area (Å²) in [5.74, 6) is 0.854. The number of para-hydroxylation sites is 1. The zero-order valence-electron chi connectivity index (χ0n) is 18.8. The number of rotatable bonds is 4. The van der Waals surface area contributed by atoms with Crippen molar-refractivity contribution in [1.82, 2.24) is 5.32 Å². The third kappa shape index (κ3) is 5.14. The first kappa shape index (κ1) is 23.8. The maximum Gasteiger partial charge on any atom is 0.179 e. The summed E-state index contributed by atoms with van der Waals surface area (Å²) in [5.41, 5.74) is 2.67. The van der Waals surface area contributed by atoms with E-state index in [0.29, 0.717) is 15.2 Å². The second-order valence-electron chi connectivity index (χ2n) is 9.42. The standard InChI is InChI=1S/C25H29Cl2N3S/c1-16-9-7-8-10-20(16)30-23(31)29-22(25(30,5)6)28-21(24(2,3)4)14-12-17-11-13-18(26)15-19(17)27/h7-15,21H,1-6H3,(H,28,29,31)/b14-12+. The van der Waals surface area contributed by atoms with Crippen molar-refractivity contribution in [2.75, 3.05) is 4.90 Å². The molecule has 2 aromatic rings. The number of anilines is 1. The first-order chi connectivity index (χ1) is 14.4. The molecule has 0 radical (unpaired) electrons. The largest absolute Gasteiger partial charge is 0.319 e. The van der Waals surface area contributed by atoms with E-state index < -0.39 is 5.54 Å². The number of nitrogens with zero attached hydrogens (tertiary/aromatic N) is 2. The van der Waals surface area contributed by atoms with Crippen LogP contribution in [0.25, 0.3) is 6.08 Å². The second-order valence-corrected chi connectivity index (χ2v) is 10.7. The zero-order valence-corrected chi connectivity index (χ0v) is 21.2. The van der Waals surface area contributed by atoms with Crippen LogP contribution >= 0.6 is 35.4 Å². The average molecular weight is 475 g/mol. The molecule has 1 saturated heterocycles. The van der Waals surface area contributed by atoms with Gasteiger partial charge in [0.15, 0.2) is 5.11 Å². The zero-order chi connectivity index (χ0) is 23.0. The Balaban J connectivity index is 1.98. The predicted octanol–water partition coefficient (Wildman–Crippen LogP) is 7.30. The first-order valence-electron chi connectivity index (χ1n) is 10.3. The van der Waals surface area contributed by atoms with E-state index in [2.05, 4.69) is 70.0 Å². The van der Waals surface area contributed by atoms with E-state index in [-0.39, 0.29) is 11.5 Å². The number of hydrogen-bond acceptors (Lipinski definition) is 2. The molecule has 0 saturated carbocycles. The Morgan fingerprint density at radius 3 is 2.42 bits per heavy atom. The molecule has 164 valence electrons. The fourth-order valence-electron chi connectivity index (χ4n) is 3.58. The van der Waals surface area contributed by atoms with Crippen LogP contribution in [0.15, 0.2) is 53.5 Å². The Morgan fingerprint density at radius 1 is 1.13 bits per heavy atom. The Bertz CT molecular complexity index is 1050. The van der Waals surface area contributed by atoms with E-state index in [1.54, 1.807) is 6.07 Å². The Hall–Kier alpha value is -1.88. The monoisotopic (exact) mass is 473 g/mol. The minimum atomic E-state index is -0.404. The fraction of sp³-hybridized carbons (Fsp3) is 0.360. The molecule has 1 heterocycles. The molecule has 0 amide bonds. The molecule has 1 unspecified atom stereocenters. The number of thiocarbonyl (C=S) groups is 1. The molecule has 0 spiro atoms. The van der Waals surface area contributed by atoms with Crippen molar-refractivity contribution in [3.05, 3.63) is 69.7 Å². The van der Waals surface area contributed by atoms with Gasteiger partial charge in [0.2, 0.25) is 0 Å². The van der Waals surface area contributed by atoms with Crippen molar-refractivity contribution in [2.24, 2.45) is 10.4 Å². The first-order valence-corrected chi connectivity index (χ1v) is 11.5. The van der Waals surface area contributed by atoms with Crippen LogP contribution in [-0.2, 0) is 0 Å². The number of halogens is 2. The van der Waals surface area contributed by atoms with Gasteiger partial charge in [-0.25, -0.2) is 0 Å². The molecule has 0 bridgehead atoms. The highest BCUT2D eigenvalue weighted by Crippen LogP contribution is 2.34. The van der Waals surface area contributed by atoms with Gasteiger partial charge in [-0.1, -0.05) is 80.4 Å². The van der Waals surface area contributed by atoms with E-state index in [9.17, 15) is 0 Å². The SMILES string of the molecule is Cc1ccccc1N1C(=S)NC(=NC(/C=C/c2ccc(Cl)cc2Cl)C(C)(C)C)C1(C)C. The molecule has 1 N–H and O–H groups in total. The maximum atomic E-state index is 6.36. The van der Waals surface area contributed by atoms with E-state index in [0.717, 1.165) is 17.1 Å². The van der Waals surface area contributed by atoms with Crippen molar-refractivity contribution in [3.63, 3.8) is 0 Å². The minimum Gasteiger partial charge on any atom is -0.319 e. The Kier molecular flexibility index (Phi) is 6.85. The Morgan fingerprint density at radius 2 is 1.81 bits per heavy atom. The van der Waals surface area contributed by atoms with Crippen LogP contribution in [0.5, 0.6) is 0 Å². The molecule has 3 rings (SSSR count). The summed E-state index contributed by atoms with van der Waals surface area (Å²) >= 11 is 18.1. The van der Waals surface area contributed by atoms with Gasteiger partial charge in [-0.2, -0.15) is 0 Å². The smallest absolute Gasteiger partial charge is 0.179 e.